The van der Waals surface area contributed by atoms with Gasteiger partial charge in [0.05, 0.1) is 25.5 Å². The molecule has 34 heavy (non-hydrogen) atoms. The number of nitrogens with one attached hydrogen (secondary N) is 1. The van der Waals surface area contributed by atoms with E-state index in [2.05, 4.69) is 17.5 Å². The Morgan fingerprint density at radius 1 is 0.941 bits per heavy atom. The Labute approximate surface area is 199 Å². The first-order chi connectivity index (χ1) is 16.5. The van der Waals surface area contributed by atoms with Crippen LogP contribution in [0, 0.1) is 6.92 Å². The van der Waals surface area contributed by atoms with E-state index >= 15 is 0 Å². The molecule has 0 saturated carbocycles. The molecule has 0 spiro atoms. The number of ether oxygens (including phenoxy) is 3. The highest BCUT2D eigenvalue weighted by atomic mass is 16.6. The van der Waals surface area contributed by atoms with E-state index in [4.69, 9.17) is 14.2 Å². The van der Waals surface area contributed by atoms with Crippen molar-refractivity contribution in [3.05, 3.63) is 89.0 Å². The second kappa shape index (κ2) is 12.2. The highest BCUT2D eigenvalue weighted by Crippen LogP contribution is 2.28. The van der Waals surface area contributed by atoms with Crippen molar-refractivity contribution in [2.75, 3.05) is 13.7 Å². The number of hydrogen-bond donors (Lipinski definition) is 1. The van der Waals surface area contributed by atoms with Gasteiger partial charge in [0.15, 0.2) is 11.5 Å². The minimum atomic E-state index is -0.509. The molecule has 0 atom stereocenters. The summed E-state index contributed by atoms with van der Waals surface area (Å²) in [6.07, 6.45) is 3.51. The number of benzene rings is 3. The van der Waals surface area contributed by atoms with Crippen LogP contribution in [0.1, 0.15) is 51.6 Å². The summed E-state index contributed by atoms with van der Waals surface area (Å²) >= 11 is 0. The topological polar surface area (TPSA) is 86.2 Å². The molecule has 3 aromatic carbocycles. The van der Waals surface area contributed by atoms with E-state index in [9.17, 15) is 9.59 Å². The van der Waals surface area contributed by atoms with Gasteiger partial charge in [-0.25, -0.2) is 10.2 Å². The van der Waals surface area contributed by atoms with Crippen molar-refractivity contribution in [1.82, 2.24) is 5.43 Å². The van der Waals surface area contributed by atoms with Crippen LogP contribution in [0.5, 0.6) is 17.2 Å². The van der Waals surface area contributed by atoms with Crippen molar-refractivity contribution in [1.29, 1.82) is 0 Å². The van der Waals surface area contributed by atoms with Gasteiger partial charge >= 0.3 is 5.97 Å². The number of esters is 1. The Kier molecular flexibility index (Phi) is 8.80. The molecular weight excluding hydrogens is 432 g/mol. The molecule has 0 aliphatic carbocycles. The van der Waals surface area contributed by atoms with Gasteiger partial charge in [-0.1, -0.05) is 31.0 Å². The molecule has 0 aliphatic rings. The zero-order chi connectivity index (χ0) is 24.3. The number of carbonyl (C=O) groups excluding carboxylic acids is 2. The average Bonchev–Trinajstić information content (AvgIpc) is 2.85. The van der Waals surface area contributed by atoms with Gasteiger partial charge in [0, 0.05) is 5.56 Å². The molecule has 0 unspecified atom stereocenters. The lowest BCUT2D eigenvalue weighted by Crippen LogP contribution is -2.17. The molecule has 0 bridgehead atoms. The molecule has 0 fully saturated rings. The number of rotatable bonds is 10. The maximum atomic E-state index is 12.5. The third-order valence-electron chi connectivity index (χ3n) is 4.94. The second-order valence-corrected chi connectivity index (χ2v) is 7.59. The van der Waals surface area contributed by atoms with Crippen molar-refractivity contribution in [3.8, 4) is 17.2 Å². The standard InChI is InChI=1S/C27H28N2O5/c1-4-5-16-33-23-13-11-22(12-14-23)27(31)34-24-15-8-20(17-25(24)32-3)18-28-29-26(30)21-9-6-19(2)7-10-21/h6-15,17-18H,4-5,16H2,1-3H3,(H,29,30)/b28-18-. The van der Waals surface area contributed by atoms with Gasteiger partial charge in [-0.3, -0.25) is 4.79 Å². The van der Waals surface area contributed by atoms with Crippen molar-refractivity contribution in [2.24, 2.45) is 5.10 Å². The van der Waals surface area contributed by atoms with E-state index in [-0.39, 0.29) is 11.7 Å². The van der Waals surface area contributed by atoms with Crippen LogP contribution in [-0.4, -0.2) is 31.8 Å². The second-order valence-electron chi connectivity index (χ2n) is 7.59. The van der Waals surface area contributed by atoms with Crippen molar-refractivity contribution >= 4 is 18.1 Å². The first-order valence-electron chi connectivity index (χ1n) is 11.0. The van der Waals surface area contributed by atoms with Crippen LogP contribution in [0.3, 0.4) is 0 Å². The molecule has 0 aromatic heterocycles. The van der Waals surface area contributed by atoms with Crippen molar-refractivity contribution in [2.45, 2.75) is 26.7 Å². The van der Waals surface area contributed by atoms with E-state index in [1.807, 2.05) is 19.1 Å². The van der Waals surface area contributed by atoms with Crippen LogP contribution < -0.4 is 19.6 Å². The number of carbonyl (C=O) groups is 2. The lowest BCUT2D eigenvalue weighted by atomic mass is 10.1. The van der Waals surface area contributed by atoms with Crippen LogP contribution >= 0.6 is 0 Å². The average molecular weight is 461 g/mol. The predicted octanol–water partition coefficient (Wildman–Crippen LogP) is 5.17. The summed E-state index contributed by atoms with van der Waals surface area (Å²) in [5, 5.41) is 3.99. The van der Waals surface area contributed by atoms with Crippen LogP contribution in [0.25, 0.3) is 0 Å². The molecule has 176 valence electrons. The zero-order valence-corrected chi connectivity index (χ0v) is 19.5. The summed E-state index contributed by atoms with van der Waals surface area (Å²) in [5.74, 6) is 0.528. The summed E-state index contributed by atoms with van der Waals surface area (Å²) in [4.78, 5) is 24.7. The van der Waals surface area contributed by atoms with E-state index in [0.29, 0.717) is 34.8 Å². The van der Waals surface area contributed by atoms with Gasteiger partial charge in [0.2, 0.25) is 0 Å². The van der Waals surface area contributed by atoms with Crippen LogP contribution in [0.2, 0.25) is 0 Å². The number of unbranched alkanes of at least 4 members (excludes halogenated alkanes) is 1. The number of hydrazone groups is 1. The molecule has 7 heteroatoms. The van der Waals surface area contributed by atoms with Crippen molar-refractivity contribution in [3.63, 3.8) is 0 Å². The Morgan fingerprint density at radius 3 is 2.32 bits per heavy atom. The molecule has 3 aromatic rings. The SMILES string of the molecule is CCCCOc1ccc(C(=O)Oc2ccc(/C=N\NC(=O)c3ccc(C)cc3)cc2OC)cc1. The van der Waals surface area contributed by atoms with Crippen molar-refractivity contribution < 1.29 is 23.8 Å². The molecular formula is C27H28N2O5. The van der Waals surface area contributed by atoms with Gasteiger partial charge in [-0.15, -0.1) is 0 Å². The normalized spacial score (nSPS) is 10.7. The molecule has 0 aliphatic heterocycles. The Hall–Kier alpha value is -4.13. The fourth-order valence-electron chi connectivity index (χ4n) is 2.96. The number of hydrogen-bond acceptors (Lipinski definition) is 6. The highest BCUT2D eigenvalue weighted by Gasteiger charge is 2.13. The van der Waals surface area contributed by atoms with Gasteiger partial charge in [-0.05, 0) is 73.5 Å². The molecule has 3 rings (SSSR count). The highest BCUT2D eigenvalue weighted by molar-refractivity contribution is 5.95. The van der Waals surface area contributed by atoms with Gasteiger partial charge in [0.1, 0.15) is 5.75 Å². The third-order valence-corrected chi connectivity index (χ3v) is 4.94. The summed E-state index contributed by atoms with van der Waals surface area (Å²) in [6.45, 7) is 4.69. The molecule has 1 amide bonds. The van der Waals surface area contributed by atoms with E-state index in [1.54, 1.807) is 54.6 Å². The Bertz CT molecular complexity index is 1140. The largest absolute Gasteiger partial charge is 0.494 e. The van der Waals surface area contributed by atoms with Gasteiger partial charge in [0.25, 0.3) is 5.91 Å². The van der Waals surface area contributed by atoms with Crippen LogP contribution in [0.15, 0.2) is 71.8 Å². The van der Waals surface area contributed by atoms with Crippen LogP contribution in [-0.2, 0) is 0 Å². The minimum Gasteiger partial charge on any atom is -0.494 e. The fraction of sp³-hybridized carbons (Fsp3) is 0.222. The quantitative estimate of drug-likeness (QED) is 0.148. The number of amides is 1. The summed E-state index contributed by atoms with van der Waals surface area (Å²) in [6, 6.07) is 19.0. The molecule has 7 nitrogen and oxygen atoms in total. The number of nitrogens with zero attached hydrogens (tertiary/aromatic N) is 1. The lowest BCUT2D eigenvalue weighted by Gasteiger charge is -2.10. The predicted molar refractivity (Wildman–Crippen MR) is 131 cm³/mol. The number of methoxy groups -OCH3 is 1. The third kappa shape index (κ3) is 6.93. The minimum absolute atomic E-state index is 0.275. The van der Waals surface area contributed by atoms with E-state index < -0.39 is 5.97 Å². The summed E-state index contributed by atoms with van der Waals surface area (Å²) < 4.78 is 16.5. The first-order valence-corrected chi connectivity index (χ1v) is 11.0. The van der Waals surface area contributed by atoms with Gasteiger partial charge < -0.3 is 14.2 Å². The maximum Gasteiger partial charge on any atom is 0.343 e. The monoisotopic (exact) mass is 460 g/mol. The molecule has 0 saturated heterocycles. The van der Waals surface area contributed by atoms with Gasteiger partial charge in [-0.2, -0.15) is 5.10 Å². The Balaban J connectivity index is 1.60. The first kappa shape index (κ1) is 24.5. The van der Waals surface area contributed by atoms with Crippen LogP contribution in [0.4, 0.5) is 0 Å². The van der Waals surface area contributed by atoms with E-state index in [1.165, 1.54) is 13.3 Å². The molecule has 0 heterocycles. The smallest absolute Gasteiger partial charge is 0.343 e. The Morgan fingerprint density at radius 2 is 1.65 bits per heavy atom. The zero-order valence-electron chi connectivity index (χ0n) is 19.5. The fourth-order valence-corrected chi connectivity index (χ4v) is 2.96. The number of aryl methyl sites for hydroxylation is 1. The maximum absolute atomic E-state index is 12.5. The summed E-state index contributed by atoms with van der Waals surface area (Å²) in [5.41, 5.74) is 5.13. The molecule has 0 radical (unpaired) electrons. The lowest BCUT2D eigenvalue weighted by molar-refractivity contribution is 0.0729. The summed E-state index contributed by atoms with van der Waals surface area (Å²) in [7, 11) is 1.48. The van der Waals surface area contributed by atoms with E-state index in [0.717, 1.165) is 18.4 Å². The molecule has 1 N–H and O–H groups in total.